The third-order valence-corrected chi connectivity index (χ3v) is 4.74. The summed E-state index contributed by atoms with van der Waals surface area (Å²) in [6, 6.07) is 11.2. The molecule has 1 N–H and O–H groups in total. The average molecular weight is 397 g/mol. The van der Waals surface area contributed by atoms with Gasteiger partial charge in [0.2, 0.25) is 5.91 Å². The molecule has 0 aliphatic carbocycles. The van der Waals surface area contributed by atoms with E-state index in [0.717, 1.165) is 16.9 Å². The van der Waals surface area contributed by atoms with E-state index in [0.29, 0.717) is 30.5 Å². The molecule has 6 heteroatoms. The van der Waals surface area contributed by atoms with Crippen molar-refractivity contribution in [3.05, 3.63) is 53.6 Å². The van der Waals surface area contributed by atoms with Gasteiger partial charge >= 0.3 is 0 Å². The molecule has 2 aromatic carbocycles. The Morgan fingerprint density at radius 2 is 1.83 bits per heavy atom. The molecule has 0 fully saturated rings. The zero-order chi connectivity index (χ0) is 20.8. The Balaban J connectivity index is 1.76. The molecule has 1 amide bonds. The maximum absolute atomic E-state index is 12.6. The fourth-order valence-electron chi connectivity index (χ4n) is 3.30. The zero-order valence-electron chi connectivity index (χ0n) is 17.2. The summed E-state index contributed by atoms with van der Waals surface area (Å²) >= 11 is 0. The monoisotopic (exact) mass is 397 g/mol. The molecule has 154 valence electrons. The van der Waals surface area contributed by atoms with Gasteiger partial charge in [-0.1, -0.05) is 32.0 Å². The van der Waals surface area contributed by atoms with Gasteiger partial charge in [0.25, 0.3) is 0 Å². The summed E-state index contributed by atoms with van der Waals surface area (Å²) in [6.07, 6.45) is 3.22. The van der Waals surface area contributed by atoms with E-state index in [1.807, 2.05) is 36.4 Å². The number of rotatable bonds is 7. The topological polar surface area (TPSA) is 66.0 Å². The number of carbonyl (C=O) groups is 1. The largest absolute Gasteiger partial charge is 0.493 e. The molecule has 0 radical (unpaired) electrons. The smallest absolute Gasteiger partial charge is 0.244 e. The van der Waals surface area contributed by atoms with E-state index in [9.17, 15) is 4.79 Å². The highest BCUT2D eigenvalue weighted by Gasteiger charge is 2.21. The number of methoxy groups -OCH3 is 2. The van der Waals surface area contributed by atoms with E-state index in [-0.39, 0.29) is 17.9 Å². The van der Waals surface area contributed by atoms with Gasteiger partial charge in [-0.05, 0) is 35.8 Å². The highest BCUT2D eigenvalue weighted by molar-refractivity contribution is 5.92. The molecule has 6 nitrogen and oxygen atoms in total. The van der Waals surface area contributed by atoms with Gasteiger partial charge in [0.1, 0.15) is 13.2 Å². The molecule has 0 bridgehead atoms. The summed E-state index contributed by atoms with van der Waals surface area (Å²) in [5.74, 6) is 2.66. The first kappa shape index (κ1) is 20.6. The lowest BCUT2D eigenvalue weighted by Crippen LogP contribution is -2.30. The molecule has 0 unspecified atom stereocenters. The van der Waals surface area contributed by atoms with Gasteiger partial charge in [0.05, 0.1) is 20.3 Å². The van der Waals surface area contributed by atoms with E-state index in [1.165, 1.54) is 6.08 Å². The van der Waals surface area contributed by atoms with E-state index < -0.39 is 0 Å². The molecule has 29 heavy (non-hydrogen) atoms. The van der Waals surface area contributed by atoms with E-state index in [4.69, 9.17) is 18.9 Å². The van der Waals surface area contributed by atoms with E-state index >= 15 is 0 Å². The normalized spacial score (nSPS) is 14.0. The number of benzene rings is 2. The van der Waals surface area contributed by atoms with Crippen LogP contribution in [0.5, 0.6) is 23.0 Å². The molecular formula is C23H27NO5. The van der Waals surface area contributed by atoms with Crippen molar-refractivity contribution in [1.29, 1.82) is 0 Å². The van der Waals surface area contributed by atoms with Crippen molar-refractivity contribution < 1.29 is 23.7 Å². The summed E-state index contributed by atoms with van der Waals surface area (Å²) in [6.45, 7) is 5.21. The molecule has 2 aromatic rings. The maximum atomic E-state index is 12.6. The number of nitrogens with one attached hydrogen (secondary N) is 1. The first-order valence-corrected chi connectivity index (χ1v) is 9.62. The minimum Gasteiger partial charge on any atom is -0.493 e. The molecule has 0 saturated carbocycles. The van der Waals surface area contributed by atoms with Crippen molar-refractivity contribution in [3.63, 3.8) is 0 Å². The second-order valence-corrected chi connectivity index (χ2v) is 7.05. The number of hydrogen-bond acceptors (Lipinski definition) is 5. The van der Waals surface area contributed by atoms with Gasteiger partial charge in [-0.2, -0.15) is 0 Å². The summed E-state index contributed by atoms with van der Waals surface area (Å²) in [4.78, 5) is 12.6. The summed E-state index contributed by atoms with van der Waals surface area (Å²) in [5.41, 5.74) is 1.74. The van der Waals surface area contributed by atoms with Crippen LogP contribution in [0.1, 0.15) is 31.0 Å². The van der Waals surface area contributed by atoms with Gasteiger partial charge < -0.3 is 24.3 Å². The van der Waals surface area contributed by atoms with Crippen LogP contribution < -0.4 is 24.3 Å². The number of ether oxygens (including phenoxy) is 4. The molecule has 1 heterocycles. The fraction of sp³-hybridized carbons (Fsp3) is 0.348. The van der Waals surface area contributed by atoms with Crippen molar-refractivity contribution in [2.45, 2.75) is 19.9 Å². The molecule has 0 saturated heterocycles. The molecule has 1 atom stereocenters. The van der Waals surface area contributed by atoms with Gasteiger partial charge in [-0.3, -0.25) is 4.79 Å². The lowest BCUT2D eigenvalue weighted by atomic mass is 9.95. The third-order valence-electron chi connectivity index (χ3n) is 4.74. The van der Waals surface area contributed by atoms with Gasteiger partial charge in [0.15, 0.2) is 23.0 Å². The van der Waals surface area contributed by atoms with Crippen LogP contribution in [0.3, 0.4) is 0 Å². The van der Waals surface area contributed by atoms with Crippen molar-refractivity contribution in [2.75, 3.05) is 27.4 Å². The Kier molecular flexibility index (Phi) is 6.65. The van der Waals surface area contributed by atoms with Crippen LogP contribution in [-0.2, 0) is 4.79 Å². The molecule has 1 aliphatic rings. The van der Waals surface area contributed by atoms with Crippen molar-refractivity contribution in [2.24, 2.45) is 5.92 Å². The number of amides is 1. The van der Waals surface area contributed by atoms with Crippen LogP contribution >= 0.6 is 0 Å². The predicted molar refractivity (Wildman–Crippen MR) is 112 cm³/mol. The van der Waals surface area contributed by atoms with Crippen LogP contribution in [-0.4, -0.2) is 33.3 Å². The third kappa shape index (κ3) is 4.83. The van der Waals surface area contributed by atoms with Crippen LogP contribution in [0.25, 0.3) is 6.08 Å². The first-order chi connectivity index (χ1) is 14.0. The van der Waals surface area contributed by atoms with Crippen LogP contribution in [0.2, 0.25) is 0 Å². The Morgan fingerprint density at radius 3 is 2.52 bits per heavy atom. The quantitative estimate of drug-likeness (QED) is 0.716. The molecule has 3 rings (SSSR count). The molecular weight excluding hydrogens is 370 g/mol. The Bertz CT molecular complexity index is 891. The number of para-hydroxylation sites is 1. The predicted octanol–water partition coefficient (Wildman–Crippen LogP) is 4.00. The van der Waals surface area contributed by atoms with Gasteiger partial charge in [-0.25, -0.2) is 0 Å². The Labute approximate surface area is 171 Å². The lowest BCUT2D eigenvalue weighted by molar-refractivity contribution is -0.117. The SMILES string of the molecule is COc1cccc(/C=C/C(=O)N[C@@H](c2ccc3c(c2)OCCO3)C(C)C)c1OC. The zero-order valence-corrected chi connectivity index (χ0v) is 17.2. The number of carbonyl (C=O) groups excluding carboxylic acids is 1. The highest BCUT2D eigenvalue weighted by Crippen LogP contribution is 2.34. The average Bonchev–Trinajstić information content (AvgIpc) is 2.75. The minimum atomic E-state index is -0.191. The Hall–Kier alpha value is -3.15. The summed E-state index contributed by atoms with van der Waals surface area (Å²) in [5, 5.41) is 3.08. The molecule has 0 aromatic heterocycles. The van der Waals surface area contributed by atoms with E-state index in [2.05, 4.69) is 19.2 Å². The lowest BCUT2D eigenvalue weighted by Gasteiger charge is -2.25. The van der Waals surface area contributed by atoms with E-state index in [1.54, 1.807) is 20.3 Å². The summed E-state index contributed by atoms with van der Waals surface area (Å²) in [7, 11) is 3.16. The van der Waals surface area contributed by atoms with Crippen molar-refractivity contribution in [3.8, 4) is 23.0 Å². The second-order valence-electron chi connectivity index (χ2n) is 7.05. The maximum Gasteiger partial charge on any atom is 0.244 e. The number of fused-ring (bicyclic) bond motifs is 1. The second kappa shape index (κ2) is 9.37. The van der Waals surface area contributed by atoms with Gasteiger partial charge in [-0.15, -0.1) is 0 Å². The van der Waals surface area contributed by atoms with Gasteiger partial charge in [0, 0.05) is 11.6 Å². The first-order valence-electron chi connectivity index (χ1n) is 9.62. The highest BCUT2D eigenvalue weighted by atomic mass is 16.6. The van der Waals surface area contributed by atoms with Crippen molar-refractivity contribution in [1.82, 2.24) is 5.32 Å². The number of hydrogen-bond donors (Lipinski definition) is 1. The standard InChI is InChI=1S/C23H27NO5/c1-15(2)22(17-8-10-18-20(14-17)29-13-12-28-18)24-21(25)11-9-16-6-5-7-19(26-3)23(16)27-4/h5-11,14-15,22H,12-13H2,1-4H3,(H,24,25)/b11-9+/t22-/m1/s1. The van der Waals surface area contributed by atoms with Crippen LogP contribution in [0, 0.1) is 5.92 Å². The molecule has 1 aliphatic heterocycles. The van der Waals surface area contributed by atoms with Crippen LogP contribution in [0.4, 0.5) is 0 Å². The fourth-order valence-corrected chi connectivity index (χ4v) is 3.30. The van der Waals surface area contributed by atoms with Crippen molar-refractivity contribution >= 4 is 12.0 Å². The molecule has 0 spiro atoms. The van der Waals surface area contributed by atoms with Crippen LogP contribution in [0.15, 0.2) is 42.5 Å². The summed E-state index contributed by atoms with van der Waals surface area (Å²) < 4.78 is 22.0. The minimum absolute atomic E-state index is 0.157. The Morgan fingerprint density at radius 1 is 1.07 bits per heavy atom.